The number of aromatic nitrogens is 1. The molecule has 0 spiro atoms. The molecular formula is C10H15N3O4S. The number of pyridine rings is 1. The van der Waals surface area contributed by atoms with Crippen LogP contribution in [0.3, 0.4) is 0 Å². The lowest BCUT2D eigenvalue weighted by molar-refractivity contribution is -0.385. The smallest absolute Gasteiger partial charge is 0.267 e. The lowest BCUT2D eigenvalue weighted by Gasteiger charge is -2.08. The molecule has 0 aliphatic rings. The second-order valence-electron chi connectivity index (χ2n) is 3.89. The van der Waals surface area contributed by atoms with Crippen LogP contribution in [0.25, 0.3) is 0 Å². The molecule has 0 bridgehead atoms. The Balaban J connectivity index is 2.89. The fraction of sp³-hybridized carbons (Fsp3) is 0.500. The Hall–Kier alpha value is -1.70. The van der Waals surface area contributed by atoms with Crippen molar-refractivity contribution in [2.75, 3.05) is 10.5 Å². The maximum Gasteiger partial charge on any atom is 0.287 e. The maximum atomic E-state index is 11.6. The van der Waals surface area contributed by atoms with Gasteiger partial charge in [0.25, 0.3) is 5.69 Å². The second kappa shape index (κ2) is 5.76. The molecule has 0 radical (unpaired) electrons. The van der Waals surface area contributed by atoms with E-state index in [9.17, 15) is 18.5 Å². The largest absolute Gasteiger partial charge is 0.287 e. The zero-order chi connectivity index (χ0) is 13.8. The molecule has 1 aromatic rings. The summed E-state index contributed by atoms with van der Waals surface area (Å²) in [6.07, 6.45) is 2.36. The van der Waals surface area contributed by atoms with E-state index in [0.29, 0.717) is 12.0 Å². The summed E-state index contributed by atoms with van der Waals surface area (Å²) < 4.78 is 25.6. The zero-order valence-corrected chi connectivity index (χ0v) is 11.0. The van der Waals surface area contributed by atoms with Crippen LogP contribution in [-0.2, 0) is 10.0 Å². The number of unbranched alkanes of at least 4 members (excludes halogenated alkanes) is 1. The highest BCUT2D eigenvalue weighted by Crippen LogP contribution is 2.19. The Bertz CT molecular complexity index is 542. The van der Waals surface area contributed by atoms with Crippen molar-refractivity contribution >= 4 is 21.5 Å². The highest BCUT2D eigenvalue weighted by molar-refractivity contribution is 7.92. The fourth-order valence-electron chi connectivity index (χ4n) is 1.30. The van der Waals surface area contributed by atoms with Crippen LogP contribution in [0.1, 0.15) is 25.3 Å². The summed E-state index contributed by atoms with van der Waals surface area (Å²) in [6.45, 7) is 3.46. The quantitative estimate of drug-likeness (QED) is 0.629. The third-order valence-corrected chi connectivity index (χ3v) is 3.62. The standard InChI is InChI=1S/C10H15N3O4S/c1-3-4-5-18(16,17)12-10-8(2)6-9(7-11-10)13(14)15/h6-7H,3-5H2,1-2H3,(H,11,12). The van der Waals surface area contributed by atoms with Gasteiger partial charge in [0.2, 0.25) is 10.0 Å². The van der Waals surface area contributed by atoms with Gasteiger partial charge in [0.1, 0.15) is 12.0 Å². The molecule has 0 atom stereocenters. The van der Waals surface area contributed by atoms with Crippen molar-refractivity contribution in [1.29, 1.82) is 0 Å². The molecule has 1 rings (SSSR count). The van der Waals surface area contributed by atoms with Crippen LogP contribution in [0.15, 0.2) is 12.3 Å². The molecule has 0 aromatic carbocycles. The van der Waals surface area contributed by atoms with Gasteiger partial charge in [-0.3, -0.25) is 14.8 Å². The number of aryl methyl sites for hydroxylation is 1. The fourth-order valence-corrected chi connectivity index (χ4v) is 2.58. The van der Waals surface area contributed by atoms with Crippen LogP contribution in [0.5, 0.6) is 0 Å². The van der Waals surface area contributed by atoms with Crippen LogP contribution in [-0.4, -0.2) is 24.1 Å². The highest BCUT2D eigenvalue weighted by Gasteiger charge is 2.14. The lowest BCUT2D eigenvalue weighted by atomic mass is 10.3. The van der Waals surface area contributed by atoms with Gasteiger partial charge in [-0.05, 0) is 18.9 Å². The molecule has 0 saturated heterocycles. The lowest BCUT2D eigenvalue weighted by Crippen LogP contribution is -2.18. The molecule has 18 heavy (non-hydrogen) atoms. The first kappa shape index (κ1) is 14.4. The van der Waals surface area contributed by atoms with Crippen molar-refractivity contribution in [2.45, 2.75) is 26.7 Å². The van der Waals surface area contributed by atoms with Gasteiger partial charge in [-0.15, -0.1) is 0 Å². The van der Waals surface area contributed by atoms with Crippen LogP contribution in [0.4, 0.5) is 11.5 Å². The monoisotopic (exact) mass is 273 g/mol. The number of sulfonamides is 1. The first-order valence-electron chi connectivity index (χ1n) is 5.47. The molecule has 1 aromatic heterocycles. The van der Waals surface area contributed by atoms with Crippen LogP contribution < -0.4 is 4.72 Å². The Morgan fingerprint density at radius 1 is 1.50 bits per heavy atom. The van der Waals surface area contributed by atoms with Gasteiger partial charge in [-0.25, -0.2) is 13.4 Å². The summed E-state index contributed by atoms with van der Waals surface area (Å²) in [5, 5.41) is 10.5. The molecule has 0 unspecified atom stereocenters. The first-order chi connectivity index (χ1) is 8.35. The number of nitrogens with one attached hydrogen (secondary N) is 1. The predicted molar refractivity (Wildman–Crippen MR) is 67.9 cm³/mol. The zero-order valence-electron chi connectivity index (χ0n) is 10.2. The minimum Gasteiger partial charge on any atom is -0.267 e. The summed E-state index contributed by atoms with van der Waals surface area (Å²) in [6, 6.07) is 1.28. The van der Waals surface area contributed by atoms with E-state index in [0.717, 1.165) is 12.6 Å². The van der Waals surface area contributed by atoms with Gasteiger partial charge in [0.05, 0.1) is 10.7 Å². The topological polar surface area (TPSA) is 102 Å². The van der Waals surface area contributed by atoms with Crippen molar-refractivity contribution in [3.63, 3.8) is 0 Å². The minimum absolute atomic E-state index is 0.0155. The van der Waals surface area contributed by atoms with Crippen molar-refractivity contribution in [2.24, 2.45) is 0 Å². The summed E-state index contributed by atoms with van der Waals surface area (Å²) in [5.74, 6) is 0.151. The number of anilines is 1. The van der Waals surface area contributed by atoms with E-state index in [1.54, 1.807) is 6.92 Å². The Morgan fingerprint density at radius 2 is 2.17 bits per heavy atom. The van der Waals surface area contributed by atoms with Gasteiger partial charge in [0.15, 0.2) is 0 Å². The summed E-state index contributed by atoms with van der Waals surface area (Å²) in [4.78, 5) is 13.7. The number of nitrogens with zero attached hydrogens (tertiary/aromatic N) is 2. The third-order valence-electron chi connectivity index (χ3n) is 2.29. The Kier molecular flexibility index (Phi) is 4.60. The summed E-state index contributed by atoms with van der Waals surface area (Å²) in [5.41, 5.74) is 0.258. The normalized spacial score (nSPS) is 11.2. The first-order valence-corrected chi connectivity index (χ1v) is 7.12. The number of nitro groups is 1. The molecular weight excluding hydrogens is 258 g/mol. The SMILES string of the molecule is CCCCS(=O)(=O)Nc1ncc([N+](=O)[O-])cc1C. The maximum absolute atomic E-state index is 11.6. The van der Waals surface area contributed by atoms with Crippen LogP contribution in [0.2, 0.25) is 0 Å². The molecule has 0 aliphatic carbocycles. The van der Waals surface area contributed by atoms with Gasteiger partial charge >= 0.3 is 0 Å². The molecule has 1 N–H and O–H groups in total. The van der Waals surface area contributed by atoms with E-state index in [1.807, 2.05) is 6.92 Å². The molecule has 0 saturated carbocycles. The second-order valence-corrected chi connectivity index (χ2v) is 5.73. The van der Waals surface area contributed by atoms with E-state index in [2.05, 4.69) is 9.71 Å². The Morgan fingerprint density at radius 3 is 2.67 bits per heavy atom. The van der Waals surface area contributed by atoms with Crippen molar-refractivity contribution in [3.8, 4) is 0 Å². The molecule has 7 nitrogen and oxygen atoms in total. The Labute approximate surface area is 105 Å². The van der Waals surface area contributed by atoms with E-state index in [1.165, 1.54) is 6.07 Å². The third kappa shape index (κ3) is 3.95. The van der Waals surface area contributed by atoms with Gasteiger partial charge in [0, 0.05) is 6.07 Å². The highest BCUT2D eigenvalue weighted by atomic mass is 32.2. The summed E-state index contributed by atoms with van der Waals surface area (Å²) >= 11 is 0. The molecule has 0 aliphatic heterocycles. The van der Waals surface area contributed by atoms with Crippen molar-refractivity contribution < 1.29 is 13.3 Å². The predicted octanol–water partition coefficient (Wildman–Crippen LogP) is 1.84. The summed E-state index contributed by atoms with van der Waals surface area (Å²) in [7, 11) is -3.43. The van der Waals surface area contributed by atoms with E-state index < -0.39 is 14.9 Å². The average Bonchev–Trinajstić information content (AvgIpc) is 2.29. The number of hydrogen-bond acceptors (Lipinski definition) is 5. The number of hydrogen-bond donors (Lipinski definition) is 1. The average molecular weight is 273 g/mol. The van der Waals surface area contributed by atoms with E-state index in [-0.39, 0.29) is 17.3 Å². The van der Waals surface area contributed by atoms with Crippen LogP contribution >= 0.6 is 0 Å². The van der Waals surface area contributed by atoms with Gasteiger partial charge in [-0.2, -0.15) is 0 Å². The number of rotatable bonds is 6. The van der Waals surface area contributed by atoms with Gasteiger partial charge in [-0.1, -0.05) is 13.3 Å². The minimum atomic E-state index is -3.43. The van der Waals surface area contributed by atoms with Gasteiger partial charge < -0.3 is 0 Å². The molecule has 1 heterocycles. The molecule has 0 amide bonds. The van der Waals surface area contributed by atoms with Crippen molar-refractivity contribution in [1.82, 2.24) is 4.98 Å². The molecule has 0 fully saturated rings. The molecule has 8 heteroatoms. The van der Waals surface area contributed by atoms with Crippen molar-refractivity contribution in [3.05, 3.63) is 27.9 Å². The van der Waals surface area contributed by atoms with Crippen LogP contribution in [0, 0.1) is 17.0 Å². The van der Waals surface area contributed by atoms with E-state index in [4.69, 9.17) is 0 Å². The van der Waals surface area contributed by atoms with E-state index >= 15 is 0 Å². The molecule has 100 valence electrons.